The largest absolute Gasteiger partial charge is 0.433 e. The number of hydrogen-bond acceptors (Lipinski definition) is 7. The molecule has 4 rings (SSSR count). The molecular formula is C18H19F3N6O. The van der Waals surface area contributed by atoms with Crippen molar-refractivity contribution in [3.8, 4) is 11.5 Å². The van der Waals surface area contributed by atoms with E-state index >= 15 is 0 Å². The lowest BCUT2D eigenvalue weighted by Crippen LogP contribution is -2.21. The Balaban J connectivity index is 1.69. The van der Waals surface area contributed by atoms with Crippen molar-refractivity contribution in [3.05, 3.63) is 35.2 Å². The number of nitrogens with one attached hydrogen (secondary N) is 2. The maximum Gasteiger partial charge on any atom is 0.433 e. The van der Waals surface area contributed by atoms with Gasteiger partial charge in [0.25, 0.3) is 0 Å². The van der Waals surface area contributed by atoms with Crippen molar-refractivity contribution in [2.24, 2.45) is 0 Å². The number of aromatic nitrogens is 4. The first kappa shape index (κ1) is 18.6. The zero-order chi connectivity index (χ0) is 19.7. The summed E-state index contributed by atoms with van der Waals surface area (Å²) >= 11 is 0. The topological polar surface area (TPSA) is 84.9 Å². The highest BCUT2D eigenvalue weighted by Crippen LogP contribution is 2.32. The number of halogens is 3. The van der Waals surface area contributed by atoms with Crippen LogP contribution in [-0.2, 0) is 10.9 Å². The number of ether oxygens (including phenoxy) is 1. The van der Waals surface area contributed by atoms with E-state index in [2.05, 4.69) is 30.6 Å². The summed E-state index contributed by atoms with van der Waals surface area (Å²) in [5, 5.41) is 6.28. The molecule has 1 aliphatic carbocycles. The molecule has 0 spiro atoms. The molecule has 0 bridgehead atoms. The second-order valence-electron chi connectivity index (χ2n) is 6.77. The van der Waals surface area contributed by atoms with Crippen molar-refractivity contribution >= 4 is 11.9 Å². The second kappa shape index (κ2) is 7.34. The SMILES string of the molecule is CC(Nc1nc(NC2CCOC2)nc(-c2cccc(C(F)(F)F)n2)n1)=C1CC1. The Kier molecular flexibility index (Phi) is 4.88. The molecule has 28 heavy (non-hydrogen) atoms. The highest BCUT2D eigenvalue weighted by molar-refractivity contribution is 5.55. The highest BCUT2D eigenvalue weighted by atomic mass is 19.4. The summed E-state index contributed by atoms with van der Waals surface area (Å²) in [6, 6.07) is 3.70. The van der Waals surface area contributed by atoms with Crippen LogP contribution in [0.5, 0.6) is 0 Å². The third-order valence-electron chi connectivity index (χ3n) is 4.50. The van der Waals surface area contributed by atoms with E-state index in [0.29, 0.717) is 13.2 Å². The van der Waals surface area contributed by atoms with Crippen LogP contribution in [-0.4, -0.2) is 39.2 Å². The van der Waals surface area contributed by atoms with E-state index in [9.17, 15) is 13.2 Å². The van der Waals surface area contributed by atoms with Gasteiger partial charge in [0.15, 0.2) is 5.82 Å². The molecule has 2 fully saturated rings. The predicted molar refractivity (Wildman–Crippen MR) is 96.5 cm³/mol. The summed E-state index contributed by atoms with van der Waals surface area (Å²) in [4.78, 5) is 16.6. The number of allylic oxidation sites excluding steroid dienone is 2. The molecule has 2 aromatic heterocycles. The van der Waals surface area contributed by atoms with Crippen LogP contribution in [0.2, 0.25) is 0 Å². The van der Waals surface area contributed by atoms with E-state index in [1.54, 1.807) is 0 Å². The van der Waals surface area contributed by atoms with Gasteiger partial charge < -0.3 is 15.4 Å². The molecule has 0 amide bonds. The first-order valence-corrected chi connectivity index (χ1v) is 8.99. The van der Waals surface area contributed by atoms with Crippen LogP contribution in [0, 0.1) is 0 Å². The van der Waals surface area contributed by atoms with E-state index in [1.807, 2.05) is 6.92 Å². The summed E-state index contributed by atoms with van der Waals surface area (Å²) in [5.74, 6) is 0.608. The molecule has 0 aromatic carbocycles. The van der Waals surface area contributed by atoms with E-state index in [-0.39, 0.29) is 29.5 Å². The van der Waals surface area contributed by atoms with Gasteiger partial charge in [0.2, 0.25) is 11.9 Å². The van der Waals surface area contributed by atoms with Crippen molar-refractivity contribution in [2.45, 2.75) is 38.4 Å². The average molecular weight is 392 g/mol. The van der Waals surface area contributed by atoms with Gasteiger partial charge in [-0.05, 0) is 38.3 Å². The maximum atomic E-state index is 13.0. The molecule has 7 nitrogen and oxygen atoms in total. The zero-order valence-corrected chi connectivity index (χ0v) is 15.2. The Labute approximate surface area is 159 Å². The lowest BCUT2D eigenvalue weighted by atomic mass is 10.2. The minimum atomic E-state index is -4.54. The van der Waals surface area contributed by atoms with Crippen LogP contribution in [0.3, 0.4) is 0 Å². The zero-order valence-electron chi connectivity index (χ0n) is 15.2. The van der Waals surface area contributed by atoms with Crippen molar-refractivity contribution < 1.29 is 17.9 Å². The van der Waals surface area contributed by atoms with Gasteiger partial charge in [0.05, 0.1) is 12.6 Å². The van der Waals surface area contributed by atoms with Crippen LogP contribution < -0.4 is 10.6 Å². The van der Waals surface area contributed by atoms with Crippen molar-refractivity contribution in [3.63, 3.8) is 0 Å². The van der Waals surface area contributed by atoms with E-state index < -0.39 is 11.9 Å². The standard InChI is InChI=1S/C18H19F3N6O/c1-10(11-5-6-11)22-16-25-15(13-3-2-4-14(24-13)18(19,20)21)26-17(27-16)23-12-7-8-28-9-12/h2-4,12H,5-9H2,1H3,(H2,22,23,25,26,27). The summed E-state index contributed by atoms with van der Waals surface area (Å²) in [7, 11) is 0. The fourth-order valence-electron chi connectivity index (χ4n) is 2.85. The van der Waals surface area contributed by atoms with Crippen molar-refractivity contribution in [2.75, 3.05) is 23.8 Å². The lowest BCUT2D eigenvalue weighted by Gasteiger charge is -2.14. The van der Waals surface area contributed by atoms with Crippen LogP contribution in [0.25, 0.3) is 11.5 Å². The summed E-state index contributed by atoms with van der Waals surface area (Å²) < 4.78 is 44.4. The Hall–Kier alpha value is -2.75. The summed E-state index contributed by atoms with van der Waals surface area (Å²) in [6.45, 7) is 3.09. The molecule has 3 heterocycles. The normalized spacial score (nSPS) is 18.9. The van der Waals surface area contributed by atoms with Gasteiger partial charge in [-0.2, -0.15) is 28.1 Å². The van der Waals surface area contributed by atoms with Gasteiger partial charge in [0.1, 0.15) is 11.4 Å². The van der Waals surface area contributed by atoms with Crippen LogP contribution >= 0.6 is 0 Å². The monoisotopic (exact) mass is 392 g/mol. The Morgan fingerprint density at radius 1 is 1.11 bits per heavy atom. The van der Waals surface area contributed by atoms with Crippen LogP contribution in [0.15, 0.2) is 29.5 Å². The van der Waals surface area contributed by atoms with Gasteiger partial charge in [-0.15, -0.1) is 0 Å². The number of hydrogen-bond donors (Lipinski definition) is 2. The molecule has 0 radical (unpaired) electrons. The van der Waals surface area contributed by atoms with Gasteiger partial charge in [0, 0.05) is 12.3 Å². The molecule has 1 saturated heterocycles. The molecule has 1 saturated carbocycles. The average Bonchev–Trinajstić information content (AvgIpc) is 3.39. The van der Waals surface area contributed by atoms with E-state index in [0.717, 1.165) is 31.0 Å². The number of pyridine rings is 1. The van der Waals surface area contributed by atoms with Crippen LogP contribution in [0.4, 0.5) is 25.1 Å². The number of rotatable bonds is 5. The number of alkyl halides is 3. The summed E-state index contributed by atoms with van der Waals surface area (Å²) in [6.07, 6.45) is -1.69. The van der Waals surface area contributed by atoms with Crippen molar-refractivity contribution in [1.82, 2.24) is 19.9 Å². The quantitative estimate of drug-likeness (QED) is 0.804. The third kappa shape index (κ3) is 4.38. The van der Waals surface area contributed by atoms with Gasteiger partial charge in [-0.25, -0.2) is 4.98 Å². The maximum absolute atomic E-state index is 13.0. The molecule has 10 heteroatoms. The van der Waals surface area contributed by atoms with Crippen molar-refractivity contribution in [1.29, 1.82) is 0 Å². The molecule has 2 aliphatic rings. The minimum Gasteiger partial charge on any atom is -0.379 e. The fraction of sp³-hybridized carbons (Fsp3) is 0.444. The van der Waals surface area contributed by atoms with Gasteiger partial charge in [-0.1, -0.05) is 11.6 Å². The first-order valence-electron chi connectivity index (χ1n) is 8.99. The first-order chi connectivity index (χ1) is 13.4. The molecule has 1 atom stereocenters. The Bertz CT molecular complexity index is 902. The molecule has 148 valence electrons. The molecule has 1 aliphatic heterocycles. The Morgan fingerprint density at radius 3 is 2.57 bits per heavy atom. The molecule has 2 aromatic rings. The summed E-state index contributed by atoms with van der Waals surface area (Å²) in [5.41, 5.74) is 1.26. The smallest absolute Gasteiger partial charge is 0.379 e. The fourth-order valence-corrected chi connectivity index (χ4v) is 2.85. The second-order valence-corrected chi connectivity index (χ2v) is 6.77. The van der Waals surface area contributed by atoms with E-state index in [1.165, 1.54) is 17.7 Å². The minimum absolute atomic E-state index is 0.0303. The van der Waals surface area contributed by atoms with E-state index in [4.69, 9.17) is 4.74 Å². The number of anilines is 2. The lowest BCUT2D eigenvalue weighted by molar-refractivity contribution is -0.141. The molecular weight excluding hydrogens is 373 g/mol. The third-order valence-corrected chi connectivity index (χ3v) is 4.50. The van der Waals surface area contributed by atoms with Crippen LogP contribution in [0.1, 0.15) is 31.9 Å². The van der Waals surface area contributed by atoms with Gasteiger partial charge >= 0.3 is 6.18 Å². The number of nitrogens with zero attached hydrogens (tertiary/aromatic N) is 4. The predicted octanol–water partition coefficient (Wildman–Crippen LogP) is 3.63. The molecule has 1 unspecified atom stereocenters. The molecule has 2 N–H and O–H groups in total. The van der Waals surface area contributed by atoms with Gasteiger partial charge in [-0.3, -0.25) is 0 Å². The highest BCUT2D eigenvalue weighted by Gasteiger charge is 2.32. The Morgan fingerprint density at radius 2 is 1.89 bits per heavy atom.